The molecule has 0 aliphatic heterocycles. The SMILES string of the molecule is O[C@H](CNCc1ccc(Cl)cc1)CSc1ccccc1. The molecule has 0 aliphatic rings. The third-order valence-corrected chi connectivity index (χ3v) is 4.22. The van der Waals surface area contributed by atoms with E-state index in [4.69, 9.17) is 11.6 Å². The zero-order chi connectivity index (χ0) is 14.2. The van der Waals surface area contributed by atoms with E-state index in [1.807, 2.05) is 42.5 Å². The van der Waals surface area contributed by atoms with E-state index in [-0.39, 0.29) is 6.10 Å². The molecule has 2 aromatic rings. The quantitative estimate of drug-likeness (QED) is 0.767. The van der Waals surface area contributed by atoms with Crippen LogP contribution < -0.4 is 5.32 Å². The largest absolute Gasteiger partial charge is 0.391 e. The van der Waals surface area contributed by atoms with Crippen LogP contribution in [0.5, 0.6) is 0 Å². The Balaban J connectivity index is 1.65. The molecule has 106 valence electrons. The lowest BCUT2D eigenvalue weighted by Gasteiger charge is -2.11. The number of aliphatic hydroxyl groups excluding tert-OH is 1. The predicted octanol–water partition coefficient (Wildman–Crippen LogP) is 3.58. The summed E-state index contributed by atoms with van der Waals surface area (Å²) in [6.45, 7) is 1.33. The third-order valence-electron chi connectivity index (χ3n) is 2.81. The summed E-state index contributed by atoms with van der Waals surface area (Å²) in [7, 11) is 0. The molecule has 0 fully saturated rings. The first-order valence-electron chi connectivity index (χ1n) is 6.55. The summed E-state index contributed by atoms with van der Waals surface area (Å²) in [6.07, 6.45) is -0.354. The molecule has 0 saturated heterocycles. The number of thioether (sulfide) groups is 1. The molecule has 2 N–H and O–H groups in total. The fourth-order valence-corrected chi connectivity index (χ4v) is 2.73. The van der Waals surface area contributed by atoms with Crippen LogP contribution in [-0.2, 0) is 6.54 Å². The molecule has 2 rings (SSSR count). The summed E-state index contributed by atoms with van der Waals surface area (Å²) in [5, 5.41) is 13.9. The first kappa shape index (κ1) is 15.4. The number of aliphatic hydroxyl groups is 1. The van der Waals surface area contributed by atoms with Crippen LogP contribution in [-0.4, -0.2) is 23.5 Å². The third kappa shape index (κ3) is 5.55. The van der Waals surface area contributed by atoms with Gasteiger partial charge in [0.25, 0.3) is 0 Å². The summed E-state index contributed by atoms with van der Waals surface area (Å²) in [6, 6.07) is 17.8. The highest BCUT2D eigenvalue weighted by molar-refractivity contribution is 7.99. The summed E-state index contributed by atoms with van der Waals surface area (Å²) in [4.78, 5) is 1.18. The summed E-state index contributed by atoms with van der Waals surface area (Å²) < 4.78 is 0. The van der Waals surface area contributed by atoms with Gasteiger partial charge in [0.2, 0.25) is 0 Å². The van der Waals surface area contributed by atoms with Gasteiger partial charge in [-0.15, -0.1) is 11.8 Å². The summed E-state index contributed by atoms with van der Waals surface area (Å²) in [5.41, 5.74) is 1.16. The average Bonchev–Trinajstić information content (AvgIpc) is 2.48. The molecule has 0 aliphatic carbocycles. The van der Waals surface area contributed by atoms with Gasteiger partial charge in [0.15, 0.2) is 0 Å². The number of hydrogen-bond donors (Lipinski definition) is 2. The van der Waals surface area contributed by atoms with Gasteiger partial charge in [-0.05, 0) is 29.8 Å². The number of hydrogen-bond acceptors (Lipinski definition) is 3. The minimum absolute atomic E-state index is 0.354. The minimum atomic E-state index is -0.354. The van der Waals surface area contributed by atoms with Gasteiger partial charge in [-0.25, -0.2) is 0 Å². The molecule has 2 nitrogen and oxygen atoms in total. The van der Waals surface area contributed by atoms with E-state index in [0.717, 1.165) is 17.1 Å². The van der Waals surface area contributed by atoms with Crippen LogP contribution in [0.1, 0.15) is 5.56 Å². The maximum Gasteiger partial charge on any atom is 0.0758 e. The highest BCUT2D eigenvalue weighted by Gasteiger charge is 2.04. The van der Waals surface area contributed by atoms with E-state index < -0.39 is 0 Å². The standard InChI is InChI=1S/C16H18ClNOS/c17-14-8-6-13(7-9-14)10-18-11-15(19)12-20-16-4-2-1-3-5-16/h1-9,15,18-19H,10-12H2/t15-/m1/s1. The molecule has 20 heavy (non-hydrogen) atoms. The van der Waals surface area contributed by atoms with E-state index in [9.17, 15) is 5.11 Å². The van der Waals surface area contributed by atoms with Crippen molar-refractivity contribution in [1.29, 1.82) is 0 Å². The van der Waals surface area contributed by atoms with E-state index >= 15 is 0 Å². The van der Waals surface area contributed by atoms with Crippen molar-refractivity contribution in [3.05, 3.63) is 65.2 Å². The summed E-state index contributed by atoms with van der Waals surface area (Å²) >= 11 is 7.50. The van der Waals surface area contributed by atoms with Crippen LogP contribution >= 0.6 is 23.4 Å². The molecule has 0 spiro atoms. The van der Waals surface area contributed by atoms with E-state index in [2.05, 4.69) is 17.4 Å². The van der Waals surface area contributed by atoms with Crippen molar-refractivity contribution in [1.82, 2.24) is 5.32 Å². The van der Waals surface area contributed by atoms with Gasteiger partial charge in [-0.1, -0.05) is 41.9 Å². The Morgan fingerprint density at radius 3 is 2.45 bits per heavy atom. The van der Waals surface area contributed by atoms with Crippen molar-refractivity contribution in [3.63, 3.8) is 0 Å². The molecule has 1 atom stereocenters. The number of benzene rings is 2. The topological polar surface area (TPSA) is 32.3 Å². The number of halogens is 1. The van der Waals surface area contributed by atoms with Crippen LogP contribution in [0.3, 0.4) is 0 Å². The lowest BCUT2D eigenvalue weighted by Crippen LogP contribution is -2.28. The summed E-state index contributed by atoms with van der Waals surface area (Å²) in [5.74, 6) is 0.692. The highest BCUT2D eigenvalue weighted by atomic mass is 35.5. The fraction of sp³-hybridized carbons (Fsp3) is 0.250. The molecule has 0 aromatic heterocycles. The first-order chi connectivity index (χ1) is 9.74. The number of nitrogens with one attached hydrogen (secondary N) is 1. The Labute approximate surface area is 129 Å². The lowest BCUT2D eigenvalue weighted by atomic mass is 10.2. The van der Waals surface area contributed by atoms with Gasteiger partial charge in [-0.2, -0.15) is 0 Å². The van der Waals surface area contributed by atoms with Crippen molar-refractivity contribution in [2.75, 3.05) is 12.3 Å². The molecular weight excluding hydrogens is 290 g/mol. The Kier molecular flexibility index (Phi) is 6.40. The Morgan fingerprint density at radius 2 is 1.75 bits per heavy atom. The monoisotopic (exact) mass is 307 g/mol. The maximum atomic E-state index is 9.93. The van der Waals surface area contributed by atoms with Crippen LogP contribution in [0.25, 0.3) is 0 Å². The second kappa shape index (κ2) is 8.32. The fourth-order valence-electron chi connectivity index (χ4n) is 1.75. The van der Waals surface area contributed by atoms with Gasteiger partial charge >= 0.3 is 0 Å². The average molecular weight is 308 g/mol. The van der Waals surface area contributed by atoms with Crippen LogP contribution in [0.15, 0.2) is 59.5 Å². The Morgan fingerprint density at radius 1 is 1.05 bits per heavy atom. The Bertz CT molecular complexity index is 504. The van der Waals surface area contributed by atoms with Gasteiger partial charge in [0, 0.05) is 28.8 Å². The maximum absolute atomic E-state index is 9.93. The molecule has 2 aromatic carbocycles. The smallest absolute Gasteiger partial charge is 0.0758 e. The van der Waals surface area contributed by atoms with E-state index in [1.165, 1.54) is 4.90 Å². The van der Waals surface area contributed by atoms with Gasteiger partial charge in [0.1, 0.15) is 0 Å². The lowest BCUT2D eigenvalue weighted by molar-refractivity contribution is 0.195. The molecule has 0 amide bonds. The van der Waals surface area contributed by atoms with Crippen molar-refractivity contribution in [2.45, 2.75) is 17.5 Å². The van der Waals surface area contributed by atoms with Crippen molar-refractivity contribution < 1.29 is 5.11 Å². The zero-order valence-electron chi connectivity index (χ0n) is 11.1. The molecule has 0 heterocycles. The van der Waals surface area contributed by atoms with Crippen LogP contribution in [0, 0.1) is 0 Å². The second-order valence-corrected chi connectivity index (χ2v) is 6.07. The molecule has 0 unspecified atom stereocenters. The molecule has 0 bridgehead atoms. The molecule has 0 radical (unpaired) electrons. The molecule has 4 heteroatoms. The Hall–Kier alpha value is -1.00. The van der Waals surface area contributed by atoms with Gasteiger partial charge in [0.05, 0.1) is 6.10 Å². The zero-order valence-corrected chi connectivity index (χ0v) is 12.7. The van der Waals surface area contributed by atoms with E-state index in [0.29, 0.717) is 12.3 Å². The normalized spacial score (nSPS) is 12.3. The second-order valence-electron chi connectivity index (χ2n) is 4.54. The van der Waals surface area contributed by atoms with Crippen LogP contribution in [0.2, 0.25) is 5.02 Å². The van der Waals surface area contributed by atoms with Gasteiger partial charge < -0.3 is 10.4 Å². The minimum Gasteiger partial charge on any atom is -0.391 e. The molecule has 0 saturated carbocycles. The van der Waals surface area contributed by atoms with Crippen molar-refractivity contribution >= 4 is 23.4 Å². The van der Waals surface area contributed by atoms with Crippen LogP contribution in [0.4, 0.5) is 0 Å². The van der Waals surface area contributed by atoms with Gasteiger partial charge in [-0.3, -0.25) is 0 Å². The number of rotatable bonds is 7. The predicted molar refractivity (Wildman–Crippen MR) is 86.3 cm³/mol. The van der Waals surface area contributed by atoms with Crippen molar-refractivity contribution in [3.8, 4) is 0 Å². The van der Waals surface area contributed by atoms with Crippen molar-refractivity contribution in [2.24, 2.45) is 0 Å². The molecular formula is C16H18ClNOS. The highest BCUT2D eigenvalue weighted by Crippen LogP contribution is 2.17. The first-order valence-corrected chi connectivity index (χ1v) is 7.91. The van der Waals surface area contributed by atoms with E-state index in [1.54, 1.807) is 11.8 Å².